The molecule has 1 fully saturated rings. The van der Waals surface area contributed by atoms with Crippen molar-refractivity contribution in [3.63, 3.8) is 0 Å². The van der Waals surface area contributed by atoms with E-state index in [-0.39, 0.29) is 24.8 Å². The van der Waals surface area contributed by atoms with Crippen LogP contribution in [0, 0.1) is 11.6 Å². The molecule has 0 bridgehead atoms. The van der Waals surface area contributed by atoms with Crippen molar-refractivity contribution in [2.45, 2.75) is 31.7 Å². The molecule has 1 aliphatic heterocycles. The predicted octanol–water partition coefficient (Wildman–Crippen LogP) is 2.38. The maximum absolute atomic E-state index is 13.6. The van der Waals surface area contributed by atoms with Crippen LogP contribution >= 0.6 is 0 Å². The van der Waals surface area contributed by atoms with Gasteiger partial charge in [-0.1, -0.05) is 12.8 Å². The highest BCUT2D eigenvalue weighted by molar-refractivity contribution is 5.97. The number of carbonyl (C=O) groups is 1. The van der Waals surface area contributed by atoms with Crippen LogP contribution in [-0.4, -0.2) is 41.5 Å². The summed E-state index contributed by atoms with van der Waals surface area (Å²) >= 11 is 0. The van der Waals surface area contributed by atoms with Gasteiger partial charge in [-0.3, -0.25) is 9.69 Å². The molecule has 1 N–H and O–H groups in total. The van der Waals surface area contributed by atoms with E-state index in [2.05, 4.69) is 0 Å². The normalized spacial score (nSPS) is 20.6. The summed E-state index contributed by atoms with van der Waals surface area (Å²) in [5.41, 5.74) is -0.217. The minimum Gasteiger partial charge on any atom is -0.395 e. The molecule has 1 aromatic rings. The summed E-state index contributed by atoms with van der Waals surface area (Å²) in [5.74, 6) is -1.77. The molecule has 1 heterocycles. The third-order valence-electron chi connectivity index (χ3n) is 3.79. The van der Waals surface area contributed by atoms with E-state index in [0.29, 0.717) is 6.54 Å². The van der Waals surface area contributed by atoms with Crippen molar-refractivity contribution in [2.24, 2.45) is 0 Å². The lowest BCUT2D eigenvalue weighted by atomic mass is 10.1. The number of ketones is 1. The third-order valence-corrected chi connectivity index (χ3v) is 3.79. The molecule has 3 nitrogen and oxygen atoms in total. The quantitative estimate of drug-likeness (QED) is 0.863. The van der Waals surface area contributed by atoms with E-state index in [1.807, 2.05) is 4.90 Å². The van der Waals surface area contributed by atoms with Gasteiger partial charge in [0.1, 0.15) is 11.6 Å². The topological polar surface area (TPSA) is 40.5 Å². The smallest absolute Gasteiger partial charge is 0.179 e. The van der Waals surface area contributed by atoms with Gasteiger partial charge in [0.25, 0.3) is 0 Å². The zero-order chi connectivity index (χ0) is 14.5. The Morgan fingerprint density at radius 1 is 1.30 bits per heavy atom. The van der Waals surface area contributed by atoms with Gasteiger partial charge in [0.2, 0.25) is 0 Å². The standard InChI is InChI=1S/C15H19F2NO2/c16-11-5-6-14(17)13(8-11)15(20)9-18-7-3-1-2-4-12(18)10-19/h5-6,8,12,19H,1-4,7,9-10H2. The van der Waals surface area contributed by atoms with E-state index in [1.165, 1.54) is 0 Å². The Bertz CT molecular complexity index is 479. The summed E-state index contributed by atoms with van der Waals surface area (Å²) in [5, 5.41) is 9.38. The lowest BCUT2D eigenvalue weighted by Crippen LogP contribution is -2.41. The zero-order valence-electron chi connectivity index (χ0n) is 11.3. The minimum atomic E-state index is -0.702. The highest BCUT2D eigenvalue weighted by Gasteiger charge is 2.24. The van der Waals surface area contributed by atoms with E-state index in [4.69, 9.17) is 0 Å². The number of rotatable bonds is 4. The van der Waals surface area contributed by atoms with Crippen LogP contribution in [0.5, 0.6) is 0 Å². The molecule has 0 saturated carbocycles. The van der Waals surface area contributed by atoms with E-state index in [1.54, 1.807) is 0 Å². The number of nitrogens with zero attached hydrogens (tertiary/aromatic N) is 1. The maximum atomic E-state index is 13.6. The van der Waals surface area contributed by atoms with Crippen LogP contribution in [0.4, 0.5) is 8.78 Å². The molecule has 0 aliphatic carbocycles. The molecular weight excluding hydrogens is 264 g/mol. The average Bonchev–Trinajstić information content (AvgIpc) is 2.66. The lowest BCUT2D eigenvalue weighted by molar-refractivity contribution is 0.0822. The van der Waals surface area contributed by atoms with Crippen molar-refractivity contribution in [1.29, 1.82) is 0 Å². The molecule has 20 heavy (non-hydrogen) atoms. The number of aliphatic hydroxyl groups is 1. The SMILES string of the molecule is O=C(CN1CCCCCC1CO)c1cc(F)ccc1F. The van der Waals surface area contributed by atoms with Crippen LogP contribution < -0.4 is 0 Å². The number of hydrogen-bond acceptors (Lipinski definition) is 3. The van der Waals surface area contributed by atoms with Gasteiger partial charge < -0.3 is 5.11 Å². The highest BCUT2D eigenvalue weighted by atomic mass is 19.1. The molecule has 0 radical (unpaired) electrons. The van der Waals surface area contributed by atoms with Crippen LogP contribution in [0.15, 0.2) is 18.2 Å². The molecule has 1 saturated heterocycles. The molecule has 110 valence electrons. The van der Waals surface area contributed by atoms with Crippen molar-refractivity contribution >= 4 is 5.78 Å². The first kappa shape index (κ1) is 15.1. The Labute approximate surface area is 117 Å². The second-order valence-electron chi connectivity index (χ2n) is 5.20. The number of likely N-dealkylation sites (tertiary alicyclic amines) is 1. The van der Waals surface area contributed by atoms with Crippen molar-refractivity contribution in [2.75, 3.05) is 19.7 Å². The Kier molecular flexibility index (Phi) is 5.20. The summed E-state index contributed by atoms with van der Waals surface area (Å²) in [7, 11) is 0. The lowest BCUT2D eigenvalue weighted by Gasteiger charge is -2.27. The number of benzene rings is 1. The van der Waals surface area contributed by atoms with Crippen LogP contribution in [0.25, 0.3) is 0 Å². The Morgan fingerprint density at radius 2 is 2.10 bits per heavy atom. The van der Waals surface area contributed by atoms with Crippen LogP contribution in [0.2, 0.25) is 0 Å². The van der Waals surface area contributed by atoms with Gasteiger partial charge >= 0.3 is 0 Å². The van der Waals surface area contributed by atoms with Gasteiger partial charge in [-0.15, -0.1) is 0 Å². The molecule has 1 atom stereocenters. The second-order valence-corrected chi connectivity index (χ2v) is 5.20. The van der Waals surface area contributed by atoms with Crippen LogP contribution in [0.3, 0.4) is 0 Å². The fourth-order valence-electron chi connectivity index (χ4n) is 2.63. The highest BCUT2D eigenvalue weighted by Crippen LogP contribution is 2.18. The van der Waals surface area contributed by atoms with Crippen molar-refractivity contribution < 1.29 is 18.7 Å². The van der Waals surface area contributed by atoms with Gasteiger partial charge in [0.05, 0.1) is 18.7 Å². The molecule has 2 rings (SSSR count). The first-order chi connectivity index (χ1) is 9.61. The molecule has 0 aromatic heterocycles. The van der Waals surface area contributed by atoms with Crippen molar-refractivity contribution in [3.05, 3.63) is 35.4 Å². The van der Waals surface area contributed by atoms with Crippen LogP contribution in [0.1, 0.15) is 36.0 Å². The first-order valence-electron chi connectivity index (χ1n) is 6.95. The number of halogens is 2. The van der Waals surface area contributed by atoms with E-state index >= 15 is 0 Å². The second kappa shape index (κ2) is 6.90. The minimum absolute atomic E-state index is 0.0150. The number of aliphatic hydroxyl groups excluding tert-OH is 1. The van der Waals surface area contributed by atoms with Gasteiger partial charge in [0.15, 0.2) is 5.78 Å². The maximum Gasteiger partial charge on any atom is 0.179 e. The van der Waals surface area contributed by atoms with Crippen molar-refractivity contribution in [3.8, 4) is 0 Å². The largest absolute Gasteiger partial charge is 0.395 e. The summed E-state index contributed by atoms with van der Waals surface area (Å²) in [6.07, 6.45) is 3.87. The van der Waals surface area contributed by atoms with Gasteiger partial charge in [-0.25, -0.2) is 8.78 Å². The van der Waals surface area contributed by atoms with Gasteiger partial charge in [-0.05, 0) is 37.6 Å². The molecule has 5 heteroatoms. The van der Waals surface area contributed by atoms with E-state index in [0.717, 1.165) is 43.9 Å². The van der Waals surface area contributed by atoms with Crippen molar-refractivity contribution in [1.82, 2.24) is 4.90 Å². The summed E-state index contributed by atoms with van der Waals surface area (Å²) in [4.78, 5) is 14.0. The van der Waals surface area contributed by atoms with E-state index < -0.39 is 17.4 Å². The number of Topliss-reactive ketones (excluding diaryl/α,β-unsaturated/α-hetero) is 1. The van der Waals surface area contributed by atoms with Crippen LogP contribution in [-0.2, 0) is 0 Å². The fourth-order valence-corrected chi connectivity index (χ4v) is 2.63. The van der Waals surface area contributed by atoms with Gasteiger partial charge in [-0.2, -0.15) is 0 Å². The molecule has 1 aromatic carbocycles. The van der Waals surface area contributed by atoms with E-state index in [9.17, 15) is 18.7 Å². The Balaban J connectivity index is 2.11. The Hall–Kier alpha value is -1.33. The van der Waals surface area contributed by atoms with Gasteiger partial charge in [0, 0.05) is 6.04 Å². The third kappa shape index (κ3) is 3.61. The predicted molar refractivity (Wildman–Crippen MR) is 71.6 cm³/mol. The summed E-state index contributed by atoms with van der Waals surface area (Å²) in [6, 6.07) is 2.82. The molecule has 1 aliphatic rings. The molecular formula is C15H19F2NO2. The average molecular weight is 283 g/mol. The summed E-state index contributed by atoms with van der Waals surface area (Å²) in [6.45, 7) is 0.707. The summed E-state index contributed by atoms with van der Waals surface area (Å²) < 4.78 is 26.7. The molecule has 0 spiro atoms. The first-order valence-corrected chi connectivity index (χ1v) is 6.95. The molecule has 0 amide bonds. The fraction of sp³-hybridized carbons (Fsp3) is 0.533. The Morgan fingerprint density at radius 3 is 2.85 bits per heavy atom. The zero-order valence-corrected chi connectivity index (χ0v) is 11.3. The molecule has 1 unspecified atom stereocenters. The monoisotopic (exact) mass is 283 g/mol. The number of carbonyl (C=O) groups excluding carboxylic acids is 1. The number of hydrogen-bond donors (Lipinski definition) is 1.